The summed E-state index contributed by atoms with van der Waals surface area (Å²) >= 11 is 0. The Balaban J connectivity index is 0.00000320. The van der Waals surface area contributed by atoms with Crippen LogP contribution in [0.25, 0.3) is 0 Å². The minimum Gasteiger partial charge on any atom is -1.00 e. The quantitative estimate of drug-likeness (QED) is 0.320. The van der Waals surface area contributed by atoms with Gasteiger partial charge >= 0.3 is 6.18 Å². The first kappa shape index (κ1) is 27.1. The first-order valence-corrected chi connectivity index (χ1v) is 13.8. The third-order valence-electron chi connectivity index (χ3n) is 6.88. The van der Waals surface area contributed by atoms with Gasteiger partial charge in [0.2, 0.25) is 0 Å². The summed E-state index contributed by atoms with van der Waals surface area (Å²) < 4.78 is 39.0. The average Bonchev–Trinajstić information content (AvgIpc) is 3.26. The number of carbonyl (C=O) groups excluding carboxylic acids is 1. The van der Waals surface area contributed by atoms with Crippen molar-refractivity contribution in [3.63, 3.8) is 0 Å². The van der Waals surface area contributed by atoms with Gasteiger partial charge in [-0.25, -0.2) is 0 Å². The maximum absolute atomic E-state index is 14.1. The maximum Gasteiger partial charge on any atom is 0.416 e. The van der Waals surface area contributed by atoms with Crippen molar-refractivity contribution in [2.75, 3.05) is 6.54 Å². The van der Waals surface area contributed by atoms with E-state index in [1.54, 1.807) is 4.90 Å². The van der Waals surface area contributed by atoms with Crippen LogP contribution in [-0.2, 0) is 17.5 Å². The highest BCUT2D eigenvalue weighted by molar-refractivity contribution is 7.96. The number of carbonyl (C=O) groups is 1. The van der Waals surface area contributed by atoms with Crippen molar-refractivity contribution < 1.29 is 34.9 Å². The van der Waals surface area contributed by atoms with E-state index in [0.29, 0.717) is 25.1 Å². The van der Waals surface area contributed by atoms with Gasteiger partial charge in [0, 0.05) is 19.5 Å². The number of alkyl halides is 3. The van der Waals surface area contributed by atoms with E-state index in [-0.39, 0.29) is 28.5 Å². The largest absolute Gasteiger partial charge is 1.00 e. The van der Waals surface area contributed by atoms with E-state index in [9.17, 15) is 18.0 Å². The Hall–Kier alpha value is -2.95. The molecular formula is C30H26BrF3NOP. The van der Waals surface area contributed by atoms with Crippen LogP contribution in [0.3, 0.4) is 0 Å². The first-order chi connectivity index (χ1) is 17.4. The molecule has 0 aromatic heterocycles. The van der Waals surface area contributed by atoms with Crippen LogP contribution in [0.5, 0.6) is 0 Å². The molecule has 4 aromatic carbocycles. The van der Waals surface area contributed by atoms with E-state index in [0.717, 1.165) is 28.0 Å². The molecule has 1 atom stereocenters. The molecule has 4 aromatic rings. The predicted molar refractivity (Wildman–Crippen MR) is 140 cm³/mol. The van der Waals surface area contributed by atoms with Crippen LogP contribution < -0.4 is 32.9 Å². The molecular weight excluding hydrogens is 558 g/mol. The monoisotopic (exact) mass is 583 g/mol. The highest BCUT2D eigenvalue weighted by Crippen LogP contribution is 2.62. The lowest BCUT2D eigenvalue weighted by Gasteiger charge is -2.32. The van der Waals surface area contributed by atoms with Gasteiger partial charge in [-0.2, -0.15) is 13.2 Å². The van der Waals surface area contributed by atoms with Crippen molar-refractivity contribution in [1.82, 2.24) is 4.90 Å². The van der Waals surface area contributed by atoms with Crippen molar-refractivity contribution >= 4 is 29.1 Å². The van der Waals surface area contributed by atoms with Gasteiger partial charge in [0.15, 0.2) is 5.66 Å². The second kappa shape index (κ2) is 11.2. The minimum absolute atomic E-state index is 0. The van der Waals surface area contributed by atoms with Crippen LogP contribution in [0.4, 0.5) is 13.2 Å². The van der Waals surface area contributed by atoms with Gasteiger partial charge in [-0.1, -0.05) is 66.7 Å². The summed E-state index contributed by atoms with van der Waals surface area (Å²) in [4.78, 5) is 15.9. The molecule has 1 amide bonds. The predicted octanol–water partition coefficient (Wildman–Crippen LogP) is 2.80. The maximum atomic E-state index is 14.1. The summed E-state index contributed by atoms with van der Waals surface area (Å²) in [6.45, 7) is 0.866. The molecule has 0 unspecified atom stereocenters. The van der Waals surface area contributed by atoms with Crippen molar-refractivity contribution in [1.29, 1.82) is 0 Å². The smallest absolute Gasteiger partial charge is 0.416 e. The van der Waals surface area contributed by atoms with Gasteiger partial charge in [0.25, 0.3) is 5.91 Å². The number of amides is 1. The van der Waals surface area contributed by atoms with Crippen molar-refractivity contribution in [3.8, 4) is 0 Å². The number of halogens is 4. The Morgan fingerprint density at radius 2 is 1.14 bits per heavy atom. The van der Waals surface area contributed by atoms with Crippen molar-refractivity contribution in [3.05, 3.63) is 126 Å². The van der Waals surface area contributed by atoms with Gasteiger partial charge in [-0.3, -0.25) is 4.79 Å². The fraction of sp³-hybridized carbons (Fsp3) is 0.167. The van der Waals surface area contributed by atoms with E-state index in [2.05, 4.69) is 36.4 Å². The molecule has 0 aliphatic carbocycles. The zero-order valence-electron chi connectivity index (χ0n) is 20.0. The van der Waals surface area contributed by atoms with Crippen molar-refractivity contribution in [2.45, 2.75) is 24.8 Å². The molecule has 0 bridgehead atoms. The number of hydrogen-bond donors (Lipinski definition) is 0. The fourth-order valence-corrected chi connectivity index (χ4v) is 10.1. The summed E-state index contributed by atoms with van der Waals surface area (Å²) in [7, 11) is -2.37. The molecule has 0 radical (unpaired) electrons. The second-order valence-electron chi connectivity index (χ2n) is 8.99. The molecule has 1 saturated heterocycles. The summed E-state index contributed by atoms with van der Waals surface area (Å²) in [5.74, 6) is 0.0554. The third-order valence-corrected chi connectivity index (χ3v) is 11.6. The van der Waals surface area contributed by atoms with Gasteiger partial charge in [-0.05, 0) is 54.1 Å². The number of likely N-dealkylation sites (tertiary alicyclic amines) is 1. The molecule has 1 heterocycles. The van der Waals surface area contributed by atoms with Crippen molar-refractivity contribution in [2.24, 2.45) is 0 Å². The molecule has 2 nitrogen and oxygen atoms in total. The number of rotatable bonds is 6. The molecule has 7 heteroatoms. The summed E-state index contributed by atoms with van der Waals surface area (Å²) in [5.41, 5.74) is -0.238. The van der Waals surface area contributed by atoms with Gasteiger partial charge in [0.05, 0.1) is 5.56 Å². The number of nitrogens with zero attached hydrogens (tertiary/aromatic N) is 1. The first-order valence-electron chi connectivity index (χ1n) is 11.9. The van der Waals surface area contributed by atoms with Crippen LogP contribution >= 0.6 is 7.26 Å². The second-order valence-corrected chi connectivity index (χ2v) is 12.6. The lowest BCUT2D eigenvalue weighted by atomic mass is 10.1. The van der Waals surface area contributed by atoms with E-state index < -0.39 is 19.0 Å². The van der Waals surface area contributed by atoms with Crippen LogP contribution in [0, 0.1) is 0 Å². The molecule has 1 aliphatic heterocycles. The molecule has 37 heavy (non-hydrogen) atoms. The Morgan fingerprint density at radius 1 is 0.703 bits per heavy atom. The van der Waals surface area contributed by atoms with Crippen LogP contribution in [0.1, 0.15) is 17.5 Å². The molecule has 190 valence electrons. The summed E-state index contributed by atoms with van der Waals surface area (Å²) in [6.07, 6.45) is -3.69. The number of benzene rings is 4. The molecule has 5 rings (SSSR count). The minimum atomic E-state index is -4.38. The zero-order valence-corrected chi connectivity index (χ0v) is 22.5. The standard InChI is InChI=1S/C30H26F3NOP.BrH/c31-30(32,33)24-18-16-23(17-19-24)22-34-21-20-28(29(34)35)36(25-10-4-1-5-11-25,26-12-6-2-7-13-26)27-14-8-3-9-15-27;/h1-19,28H,20-22H2;1H/q+1;/p-1/t28-;/m1./s1. The molecule has 0 saturated carbocycles. The van der Waals surface area contributed by atoms with Crippen LogP contribution in [0.15, 0.2) is 115 Å². The molecule has 0 spiro atoms. The highest BCUT2D eigenvalue weighted by Gasteiger charge is 2.58. The third kappa shape index (κ3) is 5.23. The summed E-state index contributed by atoms with van der Waals surface area (Å²) in [6, 6.07) is 36.0. The molecule has 0 N–H and O–H groups in total. The molecule has 1 aliphatic rings. The van der Waals surface area contributed by atoms with E-state index in [1.165, 1.54) is 12.1 Å². The van der Waals surface area contributed by atoms with E-state index >= 15 is 0 Å². The lowest BCUT2D eigenvalue weighted by molar-refractivity contribution is -0.137. The van der Waals surface area contributed by atoms with E-state index in [4.69, 9.17) is 0 Å². The van der Waals surface area contributed by atoms with Crippen LogP contribution in [-0.4, -0.2) is 23.0 Å². The van der Waals surface area contributed by atoms with Gasteiger partial charge < -0.3 is 21.9 Å². The van der Waals surface area contributed by atoms with Gasteiger partial charge in [-0.15, -0.1) is 0 Å². The van der Waals surface area contributed by atoms with Gasteiger partial charge in [0.1, 0.15) is 23.2 Å². The van der Waals surface area contributed by atoms with Crippen LogP contribution in [0.2, 0.25) is 0 Å². The normalized spacial score (nSPS) is 15.9. The summed E-state index contributed by atoms with van der Waals surface area (Å²) in [5, 5.41) is 3.45. The van der Waals surface area contributed by atoms with E-state index in [1.807, 2.05) is 54.6 Å². The topological polar surface area (TPSA) is 20.3 Å². The Labute approximate surface area is 226 Å². The average molecular weight is 584 g/mol. The Morgan fingerprint density at radius 3 is 1.54 bits per heavy atom. The highest BCUT2D eigenvalue weighted by atomic mass is 79.9. The Kier molecular flexibility index (Phi) is 8.20. The zero-order chi connectivity index (χ0) is 25.2. The Bertz CT molecular complexity index is 1220. The number of hydrogen-bond acceptors (Lipinski definition) is 1. The SMILES string of the molecule is O=C1[C@H]([P+](c2ccccc2)(c2ccccc2)c2ccccc2)CCN1Cc1ccc(C(F)(F)F)cc1.[Br-]. The lowest BCUT2D eigenvalue weighted by Crippen LogP contribution is -3.00. The molecule has 1 fully saturated rings. The fourth-order valence-electron chi connectivity index (χ4n) is 5.23.